The fraction of sp³-hybridized carbons (Fsp3) is 0.312. The first-order valence-electron chi connectivity index (χ1n) is 8.07. The Hall–Kier alpha value is -2.86. The van der Waals surface area contributed by atoms with Crippen molar-refractivity contribution in [1.82, 2.24) is 10.2 Å². The molecule has 3 atom stereocenters. The van der Waals surface area contributed by atoms with Crippen molar-refractivity contribution in [2.45, 2.75) is 24.3 Å². The van der Waals surface area contributed by atoms with Gasteiger partial charge in [-0.1, -0.05) is 6.07 Å². The number of carboxylic acid groups (broad SMARTS) is 1. The monoisotopic (exact) mass is 424 g/mol. The molecule has 1 aromatic rings. The van der Waals surface area contributed by atoms with Crippen LogP contribution in [0.4, 0.5) is 0 Å². The Morgan fingerprint density at radius 2 is 2.18 bits per heavy atom. The number of hydrazone groups is 1. The van der Waals surface area contributed by atoms with E-state index in [9.17, 15) is 28.5 Å². The maximum atomic E-state index is 12.6. The van der Waals surface area contributed by atoms with Gasteiger partial charge in [0, 0.05) is 17.1 Å². The van der Waals surface area contributed by atoms with Crippen LogP contribution in [0.2, 0.25) is 0 Å². The van der Waals surface area contributed by atoms with Gasteiger partial charge in [-0.3, -0.25) is 23.5 Å². The second kappa shape index (κ2) is 8.02. The molecule has 0 aliphatic carbocycles. The highest BCUT2D eigenvalue weighted by Gasteiger charge is 2.57. The summed E-state index contributed by atoms with van der Waals surface area (Å²) in [5.74, 6) is 1.64. The van der Waals surface area contributed by atoms with Crippen LogP contribution >= 0.6 is 11.3 Å². The average molecular weight is 424 g/mol. The fourth-order valence-corrected chi connectivity index (χ4v) is 5.51. The molecule has 1 aromatic heterocycles. The van der Waals surface area contributed by atoms with Gasteiger partial charge in [-0.25, -0.2) is 4.79 Å². The highest BCUT2D eigenvalue weighted by molar-refractivity contribution is 7.86. The smallest absolute Gasteiger partial charge is 0.352 e. The van der Waals surface area contributed by atoms with Gasteiger partial charge in [0.1, 0.15) is 17.1 Å². The van der Waals surface area contributed by atoms with Crippen molar-refractivity contribution in [3.8, 4) is 0 Å². The van der Waals surface area contributed by atoms with Gasteiger partial charge in [0.25, 0.3) is 5.91 Å². The van der Waals surface area contributed by atoms with Gasteiger partial charge in [-0.05, 0) is 17.0 Å². The van der Waals surface area contributed by atoms with Gasteiger partial charge in [-0.15, -0.1) is 11.3 Å². The molecule has 0 bridgehead atoms. The summed E-state index contributed by atoms with van der Waals surface area (Å²) >= 11 is 1.39. The third-order valence-corrected chi connectivity index (χ3v) is 6.78. The molecule has 0 spiro atoms. The molecule has 10 nitrogen and oxygen atoms in total. The number of β-lactam (4-membered cyclic amide) rings is 1. The van der Waals surface area contributed by atoms with Crippen molar-refractivity contribution in [2.75, 3.05) is 5.75 Å². The Morgan fingerprint density at radius 1 is 1.43 bits per heavy atom. The van der Waals surface area contributed by atoms with Gasteiger partial charge >= 0.3 is 5.97 Å². The molecule has 4 N–H and O–H groups in total. The summed E-state index contributed by atoms with van der Waals surface area (Å²) in [6.45, 7) is 0. The number of rotatable bonds is 7. The zero-order chi connectivity index (χ0) is 20.4. The predicted octanol–water partition coefficient (Wildman–Crippen LogP) is -1.05. The molecule has 1 fully saturated rings. The van der Waals surface area contributed by atoms with Crippen molar-refractivity contribution in [2.24, 2.45) is 10.9 Å². The Bertz CT molecular complexity index is 924. The Balaban J connectivity index is 1.79. The van der Waals surface area contributed by atoms with Crippen molar-refractivity contribution >= 4 is 51.9 Å². The summed E-state index contributed by atoms with van der Waals surface area (Å²) in [4.78, 5) is 49.8. The van der Waals surface area contributed by atoms with E-state index in [0.717, 1.165) is 16.0 Å². The summed E-state index contributed by atoms with van der Waals surface area (Å²) in [5, 5.41) is 16.0. The molecular formula is C16H16N4O6S2. The first-order valence-corrected chi connectivity index (χ1v) is 10.3. The Kier molecular flexibility index (Phi) is 5.70. The summed E-state index contributed by atoms with van der Waals surface area (Å²) in [7, 11) is -1.68. The second-order valence-corrected chi connectivity index (χ2v) is 8.67. The Morgan fingerprint density at radius 3 is 2.79 bits per heavy atom. The minimum absolute atomic E-state index is 0.0590. The van der Waals surface area contributed by atoms with Crippen molar-refractivity contribution < 1.29 is 28.5 Å². The summed E-state index contributed by atoms with van der Waals surface area (Å²) in [5.41, 5.74) is -0.319. The van der Waals surface area contributed by atoms with Crippen LogP contribution in [0.5, 0.6) is 0 Å². The zero-order valence-corrected chi connectivity index (χ0v) is 16.0. The number of nitrogens with two attached hydrogens (primary N) is 1. The molecule has 0 saturated carbocycles. The van der Waals surface area contributed by atoms with Crippen molar-refractivity contribution in [3.63, 3.8) is 0 Å². The quantitative estimate of drug-likeness (QED) is 0.218. The normalized spacial score (nSPS) is 24.1. The number of carbonyl (C=O) groups excluding carboxylic acids is 3. The summed E-state index contributed by atoms with van der Waals surface area (Å²) < 4.78 is 12.6. The molecule has 148 valence electrons. The van der Waals surface area contributed by atoms with Gasteiger partial charge in [0.05, 0.1) is 23.4 Å². The van der Waals surface area contributed by atoms with E-state index in [0.29, 0.717) is 0 Å². The summed E-state index contributed by atoms with van der Waals surface area (Å²) in [6, 6.07) is 2.50. The number of amides is 2. The van der Waals surface area contributed by atoms with E-state index in [4.69, 9.17) is 5.84 Å². The van der Waals surface area contributed by atoms with Gasteiger partial charge < -0.3 is 16.3 Å². The first-order chi connectivity index (χ1) is 13.3. The lowest BCUT2D eigenvalue weighted by molar-refractivity contribution is -0.150. The van der Waals surface area contributed by atoms with Crippen molar-refractivity contribution in [1.29, 1.82) is 0 Å². The number of nitrogens with one attached hydrogen (secondary N) is 1. The second-order valence-electron chi connectivity index (χ2n) is 6.10. The van der Waals surface area contributed by atoms with Crippen LogP contribution in [0, 0.1) is 0 Å². The number of hydrogen-bond donors (Lipinski definition) is 3. The third kappa shape index (κ3) is 3.73. The number of thiophene rings is 1. The molecule has 0 radical (unpaired) electrons. The topological polar surface area (TPSA) is 159 Å². The highest BCUT2D eigenvalue weighted by Crippen LogP contribution is 2.35. The molecule has 2 unspecified atom stereocenters. The number of aliphatic carboxylic acids is 1. The van der Waals surface area contributed by atoms with Crippen LogP contribution in [-0.2, 0) is 36.4 Å². The molecule has 3 heterocycles. The van der Waals surface area contributed by atoms with E-state index < -0.39 is 45.8 Å². The SMILES string of the molecule is NN=CC(=O)CC1=C(C(=O)O)N2C(=O)C(NC(=O)Cc3cccs3)[C@@H]2S(=O)C1. The first kappa shape index (κ1) is 19.9. The van der Waals surface area contributed by atoms with E-state index in [-0.39, 0.29) is 29.9 Å². The van der Waals surface area contributed by atoms with Crippen LogP contribution in [0.25, 0.3) is 0 Å². The predicted molar refractivity (Wildman–Crippen MR) is 101 cm³/mol. The van der Waals surface area contributed by atoms with Crippen LogP contribution in [0.1, 0.15) is 11.3 Å². The van der Waals surface area contributed by atoms with Crippen molar-refractivity contribution in [3.05, 3.63) is 33.7 Å². The number of fused-ring (bicyclic) bond motifs is 1. The fourth-order valence-electron chi connectivity index (χ4n) is 3.12. The van der Waals surface area contributed by atoms with Gasteiger partial charge in [0.15, 0.2) is 5.78 Å². The summed E-state index contributed by atoms with van der Waals surface area (Å²) in [6.07, 6.45) is 0.535. The molecule has 0 aromatic carbocycles. The maximum Gasteiger partial charge on any atom is 0.352 e. The molecule has 3 rings (SSSR count). The number of carboxylic acids is 1. The molecule has 1 saturated heterocycles. The number of hydrogen-bond acceptors (Lipinski definition) is 8. The molecule has 2 aliphatic heterocycles. The number of carbonyl (C=O) groups is 4. The van der Waals surface area contributed by atoms with Gasteiger partial charge in [-0.2, -0.15) is 5.10 Å². The van der Waals surface area contributed by atoms with Crippen LogP contribution < -0.4 is 11.2 Å². The van der Waals surface area contributed by atoms with Crippen LogP contribution in [-0.4, -0.2) is 61.2 Å². The van der Waals surface area contributed by atoms with E-state index in [2.05, 4.69) is 10.4 Å². The standard InChI is InChI=1S/C16H16N4O6S2/c17-18-6-9(21)4-8-7-28(26)15-12(14(23)20(15)13(8)16(24)25)19-11(22)5-10-2-1-3-27-10/h1-3,6,12,15H,4-5,7,17H2,(H,19,22)(H,24,25)/t12?,15-,28?/m0/s1. The van der Waals surface area contributed by atoms with E-state index in [1.54, 1.807) is 12.1 Å². The molecule has 28 heavy (non-hydrogen) atoms. The van der Waals surface area contributed by atoms with E-state index >= 15 is 0 Å². The third-order valence-electron chi connectivity index (χ3n) is 4.24. The lowest BCUT2D eigenvalue weighted by Crippen LogP contribution is -2.73. The highest BCUT2D eigenvalue weighted by atomic mass is 32.2. The van der Waals surface area contributed by atoms with Crippen LogP contribution in [0.3, 0.4) is 0 Å². The molecule has 2 aliphatic rings. The molecule has 2 amide bonds. The van der Waals surface area contributed by atoms with E-state index in [1.165, 1.54) is 11.3 Å². The lowest BCUT2D eigenvalue weighted by atomic mass is 10.0. The van der Waals surface area contributed by atoms with Gasteiger partial charge in [0.2, 0.25) is 5.91 Å². The molecular weight excluding hydrogens is 408 g/mol. The average Bonchev–Trinajstić information content (AvgIpc) is 3.12. The minimum Gasteiger partial charge on any atom is -0.477 e. The molecule has 12 heteroatoms. The largest absolute Gasteiger partial charge is 0.477 e. The number of Topliss-reactive ketones (excluding diaryl/α,β-unsaturated/α-hetero) is 1. The number of ketones is 1. The lowest BCUT2D eigenvalue weighted by Gasteiger charge is -2.49. The maximum absolute atomic E-state index is 12.6. The van der Waals surface area contributed by atoms with Crippen LogP contribution in [0.15, 0.2) is 33.9 Å². The Labute approximate surface area is 165 Å². The zero-order valence-electron chi connectivity index (χ0n) is 14.4. The minimum atomic E-state index is -1.68. The van der Waals surface area contributed by atoms with E-state index in [1.807, 2.05) is 5.38 Å². The number of nitrogens with zero attached hydrogens (tertiary/aromatic N) is 2.